The molecule has 4 nitrogen and oxygen atoms in total. The van der Waals surface area contributed by atoms with Gasteiger partial charge in [-0.1, -0.05) is 26.0 Å². The SMILES string of the molecule is C[C@@H]1C[C@H](C)CN(CCCCNC(=O)NCc2ccc(F)cc2)C1. The van der Waals surface area contributed by atoms with Crippen molar-refractivity contribution in [3.05, 3.63) is 35.6 Å². The summed E-state index contributed by atoms with van der Waals surface area (Å²) in [5.74, 6) is 1.33. The molecule has 0 bridgehead atoms. The number of nitrogens with one attached hydrogen (secondary N) is 2. The monoisotopic (exact) mass is 335 g/mol. The molecule has 1 aliphatic rings. The number of unbranched alkanes of at least 4 members (excludes halogenated alkanes) is 1. The Hall–Kier alpha value is -1.62. The van der Waals surface area contributed by atoms with E-state index in [4.69, 9.17) is 0 Å². The third-order valence-corrected chi connectivity index (χ3v) is 4.50. The van der Waals surface area contributed by atoms with E-state index in [2.05, 4.69) is 29.4 Å². The number of amides is 2. The Bertz CT molecular complexity index is 496. The topological polar surface area (TPSA) is 44.4 Å². The zero-order chi connectivity index (χ0) is 17.4. The minimum Gasteiger partial charge on any atom is -0.338 e. The molecule has 1 saturated heterocycles. The molecule has 0 aromatic heterocycles. The van der Waals surface area contributed by atoms with Crippen LogP contribution in [0.1, 0.15) is 38.7 Å². The highest BCUT2D eigenvalue weighted by atomic mass is 19.1. The zero-order valence-corrected chi connectivity index (χ0v) is 14.9. The van der Waals surface area contributed by atoms with Crippen molar-refractivity contribution >= 4 is 6.03 Å². The fraction of sp³-hybridized carbons (Fsp3) is 0.632. The van der Waals surface area contributed by atoms with Crippen LogP contribution in [0, 0.1) is 17.7 Å². The van der Waals surface area contributed by atoms with E-state index in [0.29, 0.717) is 13.1 Å². The first-order valence-electron chi connectivity index (χ1n) is 9.01. The van der Waals surface area contributed by atoms with Gasteiger partial charge in [-0.3, -0.25) is 0 Å². The third kappa shape index (κ3) is 6.87. The average Bonchev–Trinajstić information content (AvgIpc) is 2.53. The minimum atomic E-state index is -0.263. The van der Waals surface area contributed by atoms with Crippen molar-refractivity contribution in [3.63, 3.8) is 0 Å². The van der Waals surface area contributed by atoms with E-state index in [-0.39, 0.29) is 11.8 Å². The van der Waals surface area contributed by atoms with E-state index in [1.165, 1.54) is 31.6 Å². The second-order valence-corrected chi connectivity index (χ2v) is 7.15. The quantitative estimate of drug-likeness (QED) is 0.750. The second kappa shape index (κ2) is 9.62. The highest BCUT2D eigenvalue weighted by Crippen LogP contribution is 2.20. The van der Waals surface area contributed by atoms with Gasteiger partial charge in [-0.05, 0) is 55.3 Å². The van der Waals surface area contributed by atoms with E-state index in [0.717, 1.165) is 36.8 Å². The largest absolute Gasteiger partial charge is 0.338 e. The fourth-order valence-electron chi connectivity index (χ4n) is 3.48. The molecule has 0 aliphatic carbocycles. The summed E-state index contributed by atoms with van der Waals surface area (Å²) in [5.41, 5.74) is 0.889. The minimum absolute atomic E-state index is 0.167. The second-order valence-electron chi connectivity index (χ2n) is 7.15. The molecule has 2 N–H and O–H groups in total. The van der Waals surface area contributed by atoms with E-state index in [9.17, 15) is 9.18 Å². The van der Waals surface area contributed by atoms with Crippen molar-refractivity contribution in [2.75, 3.05) is 26.2 Å². The van der Waals surface area contributed by atoms with Gasteiger partial charge in [0.05, 0.1) is 0 Å². The van der Waals surface area contributed by atoms with Crippen LogP contribution in [-0.2, 0) is 6.54 Å². The number of likely N-dealkylation sites (tertiary alicyclic amines) is 1. The first-order valence-corrected chi connectivity index (χ1v) is 9.01. The van der Waals surface area contributed by atoms with Gasteiger partial charge in [0.1, 0.15) is 5.82 Å². The Morgan fingerprint density at radius 3 is 2.46 bits per heavy atom. The maximum absolute atomic E-state index is 12.8. The smallest absolute Gasteiger partial charge is 0.315 e. The van der Waals surface area contributed by atoms with Crippen LogP contribution in [0.25, 0.3) is 0 Å². The van der Waals surface area contributed by atoms with Gasteiger partial charge >= 0.3 is 6.03 Å². The van der Waals surface area contributed by atoms with Crippen molar-refractivity contribution in [2.45, 2.75) is 39.7 Å². The van der Waals surface area contributed by atoms with Crippen molar-refractivity contribution in [1.82, 2.24) is 15.5 Å². The summed E-state index contributed by atoms with van der Waals surface area (Å²) >= 11 is 0. The first kappa shape index (κ1) is 18.7. The molecular weight excluding hydrogens is 305 g/mol. The molecule has 24 heavy (non-hydrogen) atoms. The van der Waals surface area contributed by atoms with Crippen LogP contribution in [0.5, 0.6) is 0 Å². The van der Waals surface area contributed by atoms with Gasteiger partial charge in [0.2, 0.25) is 0 Å². The van der Waals surface area contributed by atoms with Gasteiger partial charge in [0.25, 0.3) is 0 Å². The molecule has 2 amide bonds. The van der Waals surface area contributed by atoms with E-state index in [1.54, 1.807) is 12.1 Å². The van der Waals surface area contributed by atoms with Crippen LogP contribution in [0.2, 0.25) is 0 Å². The van der Waals surface area contributed by atoms with Crippen LogP contribution in [0.3, 0.4) is 0 Å². The Morgan fingerprint density at radius 2 is 1.79 bits per heavy atom. The number of carbonyl (C=O) groups is 1. The Morgan fingerprint density at radius 1 is 1.12 bits per heavy atom. The average molecular weight is 335 g/mol. The van der Waals surface area contributed by atoms with Gasteiger partial charge in [-0.25, -0.2) is 9.18 Å². The van der Waals surface area contributed by atoms with Gasteiger partial charge in [0, 0.05) is 26.2 Å². The summed E-state index contributed by atoms with van der Waals surface area (Å²) < 4.78 is 12.8. The van der Waals surface area contributed by atoms with Gasteiger partial charge in [-0.2, -0.15) is 0 Å². The van der Waals surface area contributed by atoms with E-state index >= 15 is 0 Å². The van der Waals surface area contributed by atoms with Gasteiger partial charge < -0.3 is 15.5 Å². The lowest BCUT2D eigenvalue weighted by Crippen LogP contribution is -2.39. The molecule has 1 aromatic carbocycles. The normalized spacial score (nSPS) is 21.5. The molecule has 0 spiro atoms. The fourth-order valence-corrected chi connectivity index (χ4v) is 3.48. The lowest BCUT2D eigenvalue weighted by atomic mass is 9.92. The van der Waals surface area contributed by atoms with Crippen LogP contribution in [0.15, 0.2) is 24.3 Å². The molecule has 134 valence electrons. The first-order chi connectivity index (χ1) is 11.5. The molecule has 0 unspecified atom stereocenters. The van der Waals surface area contributed by atoms with Gasteiger partial charge in [-0.15, -0.1) is 0 Å². The van der Waals surface area contributed by atoms with Crippen LogP contribution in [0.4, 0.5) is 9.18 Å². The molecule has 1 fully saturated rings. The molecule has 1 aliphatic heterocycles. The Kier molecular flexibility index (Phi) is 7.50. The van der Waals surface area contributed by atoms with E-state index in [1.807, 2.05) is 0 Å². The number of halogens is 1. The van der Waals surface area contributed by atoms with Crippen molar-refractivity contribution in [2.24, 2.45) is 11.8 Å². The number of urea groups is 1. The standard InChI is InChI=1S/C19H30FN3O/c1-15-11-16(2)14-23(13-15)10-4-3-9-21-19(24)22-12-17-5-7-18(20)8-6-17/h5-8,15-16H,3-4,9-14H2,1-2H3,(H2,21,22,24)/t15-,16+. The Balaban J connectivity index is 1.52. The summed E-state index contributed by atoms with van der Waals surface area (Å²) in [6.07, 6.45) is 3.44. The predicted octanol–water partition coefficient (Wildman–Crippen LogP) is 3.38. The molecule has 0 radical (unpaired) electrons. The van der Waals surface area contributed by atoms with Crippen molar-refractivity contribution < 1.29 is 9.18 Å². The number of hydrogen-bond acceptors (Lipinski definition) is 2. The third-order valence-electron chi connectivity index (χ3n) is 4.50. The van der Waals surface area contributed by atoms with Crippen LogP contribution >= 0.6 is 0 Å². The number of benzene rings is 1. The van der Waals surface area contributed by atoms with Crippen molar-refractivity contribution in [1.29, 1.82) is 0 Å². The summed E-state index contributed by atoms with van der Waals surface area (Å²) in [7, 11) is 0. The Labute approximate surface area is 144 Å². The molecule has 5 heteroatoms. The maximum atomic E-state index is 12.8. The number of hydrogen-bond donors (Lipinski definition) is 2. The molecule has 1 aromatic rings. The number of rotatable bonds is 7. The summed E-state index contributed by atoms with van der Waals surface area (Å²) in [5, 5.41) is 5.66. The highest BCUT2D eigenvalue weighted by molar-refractivity contribution is 5.73. The highest BCUT2D eigenvalue weighted by Gasteiger charge is 2.20. The molecular formula is C19H30FN3O. The zero-order valence-electron chi connectivity index (χ0n) is 14.9. The maximum Gasteiger partial charge on any atom is 0.315 e. The molecule has 1 heterocycles. The van der Waals surface area contributed by atoms with Crippen molar-refractivity contribution in [3.8, 4) is 0 Å². The molecule has 0 saturated carbocycles. The summed E-state index contributed by atoms with van der Waals surface area (Å²) in [4.78, 5) is 14.3. The summed E-state index contributed by atoms with van der Waals surface area (Å²) in [6.45, 7) is 9.29. The summed E-state index contributed by atoms with van der Waals surface area (Å²) in [6, 6.07) is 5.99. The lowest BCUT2D eigenvalue weighted by Gasteiger charge is -2.34. The molecule has 2 rings (SSSR count). The van der Waals surface area contributed by atoms with Gasteiger partial charge in [0.15, 0.2) is 0 Å². The van der Waals surface area contributed by atoms with Crippen LogP contribution < -0.4 is 10.6 Å². The number of carbonyl (C=O) groups excluding carboxylic acids is 1. The predicted molar refractivity (Wildman–Crippen MR) is 95.3 cm³/mol. The number of piperidine rings is 1. The van der Waals surface area contributed by atoms with Crippen LogP contribution in [-0.4, -0.2) is 37.1 Å². The van der Waals surface area contributed by atoms with E-state index < -0.39 is 0 Å². The number of nitrogens with zero attached hydrogens (tertiary/aromatic N) is 1. The molecule has 2 atom stereocenters. The lowest BCUT2D eigenvalue weighted by molar-refractivity contribution is 0.139.